The number of carbonyl (C=O) groups is 8. The molecule has 1 aromatic heterocycles. The Labute approximate surface area is 309 Å². The second-order valence-corrected chi connectivity index (χ2v) is 15.2. The molecule has 3 atom stereocenters. The Hall–Kier alpha value is -5.19. The first-order chi connectivity index (χ1) is 24.2. The number of ketones is 2. The molecule has 52 heavy (non-hydrogen) atoms. The zero-order valence-electron chi connectivity index (χ0n) is 26.5. The van der Waals surface area contributed by atoms with Crippen molar-refractivity contribution in [2.75, 3.05) is 25.4 Å². The SMILES string of the molecule is CC(C)(O/N=C(\C(=O)CC1C(=O)N2C[C@@](C(=O)O)(N3CCN(NC(=O)C(=O)c4ccc(O)c(O)c4Cl)C(=O)C3=O)S[C@H]12)c1nc(N)sc1Cl)C(=O)O. The van der Waals surface area contributed by atoms with Crippen LogP contribution in [0.25, 0.3) is 0 Å². The van der Waals surface area contributed by atoms with Gasteiger partial charge in [-0.2, -0.15) is 0 Å². The van der Waals surface area contributed by atoms with Crippen LogP contribution < -0.4 is 11.2 Å². The third kappa shape index (κ3) is 6.52. The van der Waals surface area contributed by atoms with Crippen molar-refractivity contribution in [3.8, 4) is 11.5 Å². The van der Waals surface area contributed by atoms with Crippen LogP contribution in [0.2, 0.25) is 9.36 Å². The lowest BCUT2D eigenvalue weighted by atomic mass is 9.90. The van der Waals surface area contributed by atoms with Crippen molar-refractivity contribution >= 4 is 104 Å². The number of Topliss-reactive ketones (excluding diaryl/α,β-unsaturated/α-hetero) is 2. The highest BCUT2D eigenvalue weighted by Crippen LogP contribution is 2.52. The number of nitrogens with zero attached hydrogens (tertiary/aromatic N) is 5. The molecular weight excluding hydrogens is 777 g/mol. The van der Waals surface area contributed by atoms with Crippen LogP contribution in [-0.4, -0.2) is 129 Å². The fourth-order valence-electron chi connectivity index (χ4n) is 5.24. The van der Waals surface area contributed by atoms with Crippen molar-refractivity contribution in [1.29, 1.82) is 0 Å². The number of carboxylic acid groups (broad SMARTS) is 2. The number of benzene rings is 1. The van der Waals surface area contributed by atoms with Crippen LogP contribution in [-0.2, 0) is 38.4 Å². The number of thiazole rings is 1. The van der Waals surface area contributed by atoms with Crippen LogP contribution >= 0.6 is 46.3 Å². The average Bonchev–Trinajstić information content (AvgIpc) is 3.61. The minimum absolute atomic E-state index is 0.0611. The summed E-state index contributed by atoms with van der Waals surface area (Å²) >= 11 is 13.4. The number of β-lactam (4-membered cyclic amide) rings is 1. The van der Waals surface area contributed by atoms with Gasteiger partial charge in [0.05, 0.1) is 35.0 Å². The maximum absolute atomic E-state index is 13.5. The van der Waals surface area contributed by atoms with E-state index in [0.29, 0.717) is 21.7 Å². The Kier molecular flexibility index (Phi) is 10.1. The lowest BCUT2D eigenvalue weighted by Crippen LogP contribution is -2.67. The molecule has 7 N–H and O–H groups in total. The topological polar surface area (TPSA) is 300 Å². The van der Waals surface area contributed by atoms with E-state index in [9.17, 15) is 58.8 Å². The highest BCUT2D eigenvalue weighted by molar-refractivity contribution is 8.02. The lowest BCUT2D eigenvalue weighted by molar-refractivity contribution is -0.168. The summed E-state index contributed by atoms with van der Waals surface area (Å²) in [6.45, 7) is 0.739. The van der Waals surface area contributed by atoms with E-state index in [1.165, 1.54) is 0 Å². The van der Waals surface area contributed by atoms with Gasteiger partial charge in [-0.15, -0.1) is 0 Å². The number of oxime groups is 1. The van der Waals surface area contributed by atoms with Gasteiger partial charge in [0.25, 0.3) is 5.78 Å². The van der Waals surface area contributed by atoms with Crippen LogP contribution in [0, 0.1) is 5.92 Å². The molecule has 0 aliphatic carbocycles. The number of anilines is 1. The number of phenolic OH excluding ortho intramolecular Hbond substituents is 2. The number of hydrogen-bond acceptors (Lipinski definition) is 16. The smallest absolute Gasteiger partial charge is 0.350 e. The average molecular weight is 803 g/mol. The molecule has 0 saturated carbocycles. The predicted molar refractivity (Wildman–Crippen MR) is 178 cm³/mol. The van der Waals surface area contributed by atoms with E-state index in [-0.39, 0.29) is 15.2 Å². The number of halogens is 2. The minimum atomic E-state index is -2.22. The number of aromatic hydroxyl groups is 2. The van der Waals surface area contributed by atoms with Gasteiger partial charge in [-0.05, 0) is 26.0 Å². The largest absolute Gasteiger partial charge is 0.504 e. The van der Waals surface area contributed by atoms with Crippen LogP contribution in [0.15, 0.2) is 17.3 Å². The number of aliphatic carboxylic acids is 2. The summed E-state index contributed by atoms with van der Waals surface area (Å²) < 4.78 is -0.0886. The van der Waals surface area contributed by atoms with Gasteiger partial charge in [0.1, 0.15) is 10.0 Å². The molecule has 2 aromatic rings. The van der Waals surface area contributed by atoms with Crippen molar-refractivity contribution in [2.24, 2.45) is 11.1 Å². The molecule has 4 heterocycles. The molecular formula is C28H25Cl2N7O13S2. The normalized spacial score (nSPS) is 21.8. The second kappa shape index (κ2) is 13.7. The zero-order valence-corrected chi connectivity index (χ0v) is 29.6. The molecule has 24 heteroatoms. The molecule has 3 fully saturated rings. The van der Waals surface area contributed by atoms with Gasteiger partial charge in [-0.25, -0.2) is 19.6 Å². The molecule has 3 aliphatic rings. The number of rotatable bonds is 12. The standard InChI is InChI=1S/C28H25Cl2N7O13S2/c1-27(2,24(46)47)50-34-14(15-18(30)51-26(31)32-15)12(39)7-10-20(43)35-8-28(25(48)49,52-23(10)35)36-5-6-37(22(45)21(36)44)33-19(42)16(40)9-3-4-11(38)17(41)13(9)29/h3-4,10,23,38,41H,5-8H2,1-2H3,(H2,31,32)(H,33,42)(H,46,47)(H,48,49)/b34-14+/t10?,23-,28-/m1/s1. The number of aromatic nitrogens is 1. The molecule has 4 amide bonds. The van der Waals surface area contributed by atoms with E-state index in [4.69, 9.17) is 33.8 Å². The number of phenols is 2. The third-order valence-electron chi connectivity index (χ3n) is 8.10. The molecule has 0 radical (unpaired) electrons. The van der Waals surface area contributed by atoms with Crippen molar-refractivity contribution in [1.82, 2.24) is 25.2 Å². The zero-order chi connectivity index (χ0) is 38.6. The summed E-state index contributed by atoms with van der Waals surface area (Å²) in [5.74, 6) is -12.9. The van der Waals surface area contributed by atoms with Crippen LogP contribution in [0.3, 0.4) is 0 Å². The number of hydrogen-bond donors (Lipinski definition) is 6. The van der Waals surface area contributed by atoms with Gasteiger partial charge < -0.3 is 40.8 Å². The minimum Gasteiger partial charge on any atom is -0.504 e. The predicted octanol–water partition coefficient (Wildman–Crippen LogP) is -0.116. The number of nitrogens with two attached hydrogens (primary N) is 1. The molecule has 0 bridgehead atoms. The number of fused-ring (bicyclic) bond motifs is 1. The molecule has 1 unspecified atom stereocenters. The van der Waals surface area contributed by atoms with Crippen molar-refractivity contribution < 1.29 is 63.6 Å². The summed E-state index contributed by atoms with van der Waals surface area (Å²) in [5, 5.41) is 41.5. The first-order valence-electron chi connectivity index (χ1n) is 14.6. The third-order valence-corrected chi connectivity index (χ3v) is 11.3. The maximum atomic E-state index is 13.5. The van der Waals surface area contributed by atoms with Gasteiger partial charge >= 0.3 is 29.7 Å². The second-order valence-electron chi connectivity index (χ2n) is 11.8. The number of thioether (sulfide) groups is 1. The Morgan fingerprint density at radius 1 is 1.12 bits per heavy atom. The first kappa shape index (κ1) is 38.1. The van der Waals surface area contributed by atoms with E-state index < -0.39 is 123 Å². The Bertz CT molecular complexity index is 2010. The number of amides is 4. The van der Waals surface area contributed by atoms with Crippen molar-refractivity contribution in [2.45, 2.75) is 36.1 Å². The fraction of sp³-hybridized carbons (Fsp3) is 0.357. The monoisotopic (exact) mass is 801 g/mol. The van der Waals surface area contributed by atoms with Gasteiger partial charge in [0, 0.05) is 13.0 Å². The lowest BCUT2D eigenvalue weighted by Gasteiger charge is -2.41. The summed E-state index contributed by atoms with van der Waals surface area (Å²) in [5.41, 5.74) is 4.43. The van der Waals surface area contributed by atoms with Crippen molar-refractivity contribution in [3.63, 3.8) is 0 Å². The van der Waals surface area contributed by atoms with Crippen molar-refractivity contribution in [3.05, 3.63) is 32.7 Å². The van der Waals surface area contributed by atoms with Gasteiger partial charge in [0.2, 0.25) is 16.4 Å². The summed E-state index contributed by atoms with van der Waals surface area (Å²) in [6, 6.07) is 1.83. The van der Waals surface area contributed by atoms with Gasteiger partial charge in [0.15, 0.2) is 28.1 Å². The highest BCUT2D eigenvalue weighted by Gasteiger charge is 2.66. The van der Waals surface area contributed by atoms with Crippen LogP contribution in [0.5, 0.6) is 11.5 Å². The number of piperazine rings is 1. The molecule has 20 nitrogen and oxygen atoms in total. The van der Waals surface area contributed by atoms with E-state index in [2.05, 4.69) is 10.1 Å². The Balaban J connectivity index is 1.31. The summed E-state index contributed by atoms with van der Waals surface area (Å²) in [7, 11) is 0. The summed E-state index contributed by atoms with van der Waals surface area (Å²) in [4.78, 5) is 111. The molecule has 3 saturated heterocycles. The van der Waals surface area contributed by atoms with E-state index in [1.807, 2.05) is 5.43 Å². The molecule has 1 aromatic carbocycles. The number of hydrazine groups is 1. The number of nitrogens with one attached hydrogen (secondary N) is 1. The molecule has 3 aliphatic heterocycles. The van der Waals surface area contributed by atoms with E-state index in [0.717, 1.165) is 42.2 Å². The van der Waals surface area contributed by atoms with Crippen LogP contribution in [0.1, 0.15) is 36.3 Å². The molecule has 0 spiro atoms. The number of carboxylic acids is 2. The van der Waals surface area contributed by atoms with Crippen LogP contribution in [0.4, 0.5) is 5.13 Å². The molecule has 5 rings (SSSR count). The Morgan fingerprint density at radius 3 is 2.38 bits per heavy atom. The quantitative estimate of drug-likeness (QED) is 0.0407. The number of carbonyl (C=O) groups excluding carboxylic acids is 6. The van der Waals surface area contributed by atoms with E-state index in [1.54, 1.807) is 0 Å². The number of nitrogen functional groups attached to an aromatic ring is 1. The summed E-state index contributed by atoms with van der Waals surface area (Å²) in [6.07, 6.45) is -0.601. The maximum Gasteiger partial charge on any atom is 0.350 e. The Morgan fingerprint density at radius 2 is 1.79 bits per heavy atom. The molecule has 276 valence electrons. The highest BCUT2D eigenvalue weighted by atomic mass is 35.5. The van der Waals surface area contributed by atoms with E-state index >= 15 is 0 Å². The van der Waals surface area contributed by atoms with Gasteiger partial charge in [-0.1, -0.05) is 51.5 Å². The van der Waals surface area contributed by atoms with Gasteiger partial charge in [-0.3, -0.25) is 34.2 Å². The fourth-order valence-corrected chi connectivity index (χ4v) is 8.11. The first-order valence-corrected chi connectivity index (χ1v) is 17.0.